The van der Waals surface area contributed by atoms with Crippen LogP contribution in [-0.4, -0.2) is 0 Å². The largest absolute Gasteiger partial charge is 0.0654 e. The van der Waals surface area contributed by atoms with Crippen LogP contribution in [0.25, 0.3) is 0 Å². The average molecular weight is 170 g/mol. The molecule has 0 nitrogen and oxygen atoms in total. The Balaban J connectivity index is 0.000000217. The van der Waals surface area contributed by atoms with E-state index in [1.165, 1.54) is 25.7 Å². The Morgan fingerprint density at radius 3 is 1.58 bits per heavy atom. The summed E-state index contributed by atoms with van der Waals surface area (Å²) in [7, 11) is 0. The molecule has 0 radical (unpaired) electrons. The molecule has 1 saturated carbocycles. The summed E-state index contributed by atoms with van der Waals surface area (Å²) in [5.41, 5.74) is 0. The Bertz CT molecular complexity index is 92.2. The molecule has 0 amide bonds. The Labute approximate surface area is 78.8 Å². The standard InChI is InChI=1S/C7H14.C5H12/c1-5(2)7-4-6(7)3;1-3-5-4-2/h5-7H,4H2,1-3H3;3-5H2,1-2H3. The molecule has 0 spiro atoms. The van der Waals surface area contributed by atoms with E-state index in [1.54, 1.807) is 0 Å². The summed E-state index contributed by atoms with van der Waals surface area (Å²) in [6, 6.07) is 0. The predicted octanol–water partition coefficient (Wildman–Crippen LogP) is 4.49. The van der Waals surface area contributed by atoms with E-state index in [9.17, 15) is 0 Å². The Morgan fingerprint density at radius 1 is 1.17 bits per heavy atom. The van der Waals surface area contributed by atoms with Crippen molar-refractivity contribution in [2.75, 3.05) is 0 Å². The Kier molecular flexibility index (Phi) is 6.51. The third-order valence-corrected chi connectivity index (χ3v) is 2.74. The quantitative estimate of drug-likeness (QED) is 0.585. The zero-order valence-corrected chi connectivity index (χ0v) is 9.56. The van der Waals surface area contributed by atoms with Gasteiger partial charge in [0.05, 0.1) is 0 Å². The van der Waals surface area contributed by atoms with E-state index in [0.717, 1.165) is 17.8 Å². The molecule has 74 valence electrons. The molecule has 0 aliphatic heterocycles. The van der Waals surface area contributed by atoms with Crippen LogP contribution in [0.15, 0.2) is 0 Å². The van der Waals surface area contributed by atoms with E-state index in [1.807, 2.05) is 0 Å². The SMILES string of the molecule is CC(C)C1CC1C.CCCCC. The lowest BCUT2D eigenvalue weighted by Crippen LogP contribution is -1.89. The first kappa shape index (κ1) is 12.0. The van der Waals surface area contributed by atoms with Crippen LogP contribution >= 0.6 is 0 Å². The van der Waals surface area contributed by atoms with Crippen LogP contribution in [-0.2, 0) is 0 Å². The molecule has 0 saturated heterocycles. The van der Waals surface area contributed by atoms with Crippen molar-refractivity contribution in [3.05, 3.63) is 0 Å². The van der Waals surface area contributed by atoms with Gasteiger partial charge in [0.15, 0.2) is 0 Å². The first-order valence-corrected chi connectivity index (χ1v) is 5.63. The zero-order valence-electron chi connectivity index (χ0n) is 9.56. The van der Waals surface area contributed by atoms with Gasteiger partial charge >= 0.3 is 0 Å². The third kappa shape index (κ3) is 5.62. The lowest BCUT2D eigenvalue weighted by Gasteiger charge is -1.97. The first-order chi connectivity index (χ1) is 5.63. The molecule has 1 aliphatic carbocycles. The van der Waals surface area contributed by atoms with Crippen molar-refractivity contribution in [3.63, 3.8) is 0 Å². The molecule has 2 unspecified atom stereocenters. The van der Waals surface area contributed by atoms with Crippen molar-refractivity contribution in [1.29, 1.82) is 0 Å². The Hall–Kier alpha value is 0. The summed E-state index contributed by atoms with van der Waals surface area (Å²) < 4.78 is 0. The maximum Gasteiger partial charge on any atom is -0.0363 e. The van der Waals surface area contributed by atoms with Gasteiger partial charge in [-0.3, -0.25) is 0 Å². The first-order valence-electron chi connectivity index (χ1n) is 5.63. The lowest BCUT2D eigenvalue weighted by atomic mass is 10.1. The maximum absolute atomic E-state index is 2.34. The third-order valence-electron chi connectivity index (χ3n) is 2.74. The van der Waals surface area contributed by atoms with Gasteiger partial charge in [0.1, 0.15) is 0 Å². The summed E-state index contributed by atoms with van der Waals surface area (Å²) in [6.07, 6.45) is 5.56. The summed E-state index contributed by atoms with van der Waals surface area (Å²) in [4.78, 5) is 0. The van der Waals surface area contributed by atoms with E-state index >= 15 is 0 Å². The van der Waals surface area contributed by atoms with Crippen molar-refractivity contribution in [2.24, 2.45) is 17.8 Å². The minimum absolute atomic E-state index is 0.940. The van der Waals surface area contributed by atoms with Crippen molar-refractivity contribution in [1.82, 2.24) is 0 Å². The van der Waals surface area contributed by atoms with Gasteiger partial charge in [-0.15, -0.1) is 0 Å². The van der Waals surface area contributed by atoms with Gasteiger partial charge in [-0.05, 0) is 24.2 Å². The normalized spacial score (nSPS) is 26.5. The van der Waals surface area contributed by atoms with Crippen LogP contribution in [0, 0.1) is 17.8 Å². The lowest BCUT2D eigenvalue weighted by molar-refractivity contribution is 0.530. The van der Waals surface area contributed by atoms with E-state index in [2.05, 4.69) is 34.6 Å². The van der Waals surface area contributed by atoms with Crippen molar-refractivity contribution < 1.29 is 0 Å². The molecule has 1 rings (SSSR count). The maximum atomic E-state index is 2.34. The second-order valence-electron chi connectivity index (χ2n) is 4.47. The van der Waals surface area contributed by atoms with Gasteiger partial charge in [-0.1, -0.05) is 53.9 Å². The van der Waals surface area contributed by atoms with Gasteiger partial charge in [-0.25, -0.2) is 0 Å². The molecule has 1 aliphatic rings. The van der Waals surface area contributed by atoms with E-state index < -0.39 is 0 Å². The molecule has 0 aromatic heterocycles. The summed E-state index contributed by atoms with van der Waals surface area (Å²) in [5.74, 6) is 3.05. The fraction of sp³-hybridized carbons (Fsp3) is 1.00. The van der Waals surface area contributed by atoms with Gasteiger partial charge in [0.2, 0.25) is 0 Å². The molecule has 0 heterocycles. The number of hydrogen-bond donors (Lipinski definition) is 0. The highest BCUT2D eigenvalue weighted by Crippen LogP contribution is 2.43. The summed E-state index contributed by atoms with van der Waals surface area (Å²) in [5, 5.41) is 0. The van der Waals surface area contributed by atoms with E-state index in [0.29, 0.717) is 0 Å². The molecule has 0 N–H and O–H groups in total. The van der Waals surface area contributed by atoms with Gasteiger partial charge in [-0.2, -0.15) is 0 Å². The van der Waals surface area contributed by atoms with Crippen LogP contribution in [0.3, 0.4) is 0 Å². The van der Waals surface area contributed by atoms with E-state index in [-0.39, 0.29) is 0 Å². The Morgan fingerprint density at radius 2 is 1.58 bits per heavy atom. The van der Waals surface area contributed by atoms with Crippen molar-refractivity contribution in [3.8, 4) is 0 Å². The van der Waals surface area contributed by atoms with Crippen LogP contribution in [0.5, 0.6) is 0 Å². The molecule has 0 aromatic rings. The number of hydrogen-bond acceptors (Lipinski definition) is 0. The van der Waals surface area contributed by atoms with E-state index in [4.69, 9.17) is 0 Å². The van der Waals surface area contributed by atoms with Crippen LogP contribution in [0.2, 0.25) is 0 Å². The highest BCUT2D eigenvalue weighted by molar-refractivity contribution is 4.84. The molecule has 12 heavy (non-hydrogen) atoms. The summed E-state index contributed by atoms with van der Waals surface area (Å²) in [6.45, 7) is 11.4. The monoisotopic (exact) mass is 170 g/mol. The summed E-state index contributed by atoms with van der Waals surface area (Å²) >= 11 is 0. The van der Waals surface area contributed by atoms with Gasteiger partial charge < -0.3 is 0 Å². The second-order valence-corrected chi connectivity index (χ2v) is 4.47. The second kappa shape index (κ2) is 6.51. The fourth-order valence-electron chi connectivity index (χ4n) is 1.63. The molecule has 1 fully saturated rings. The predicted molar refractivity (Wildman–Crippen MR) is 57.3 cm³/mol. The smallest absolute Gasteiger partial charge is 0.0363 e. The molecule has 0 aromatic carbocycles. The van der Waals surface area contributed by atoms with Crippen molar-refractivity contribution in [2.45, 2.75) is 60.3 Å². The number of rotatable bonds is 3. The molecule has 0 heteroatoms. The highest BCUT2D eigenvalue weighted by atomic mass is 14.4. The minimum atomic E-state index is 0.940. The van der Waals surface area contributed by atoms with Gasteiger partial charge in [0.25, 0.3) is 0 Å². The van der Waals surface area contributed by atoms with Crippen molar-refractivity contribution >= 4 is 0 Å². The average Bonchev–Trinajstić information content (AvgIpc) is 2.70. The van der Waals surface area contributed by atoms with Crippen LogP contribution < -0.4 is 0 Å². The zero-order chi connectivity index (χ0) is 9.56. The van der Waals surface area contributed by atoms with Gasteiger partial charge in [0, 0.05) is 0 Å². The van der Waals surface area contributed by atoms with Crippen LogP contribution in [0.1, 0.15) is 60.3 Å². The molecular weight excluding hydrogens is 144 g/mol. The molecule has 2 atom stereocenters. The van der Waals surface area contributed by atoms with Crippen LogP contribution in [0.4, 0.5) is 0 Å². The number of unbranched alkanes of at least 4 members (excludes halogenated alkanes) is 2. The molecule has 0 bridgehead atoms. The molecular formula is C12H26. The highest BCUT2D eigenvalue weighted by Gasteiger charge is 2.34. The topological polar surface area (TPSA) is 0 Å². The minimum Gasteiger partial charge on any atom is -0.0654 e. The fourth-order valence-corrected chi connectivity index (χ4v) is 1.63.